The SMILES string of the molecule is C#CCNC(=O)c1ccc2oc(N3CCN(S(=O)(=O)c4cn(C)cn4)CC3)nc2c1. The Morgan fingerprint density at radius 3 is 2.73 bits per heavy atom. The summed E-state index contributed by atoms with van der Waals surface area (Å²) in [6.07, 6.45) is 8.11. The van der Waals surface area contributed by atoms with Gasteiger partial charge in [-0.3, -0.25) is 4.79 Å². The lowest BCUT2D eigenvalue weighted by Crippen LogP contribution is -2.48. The number of terminal acetylenes is 1. The second kappa shape index (κ2) is 7.81. The normalized spacial score (nSPS) is 15.3. The molecule has 0 atom stereocenters. The minimum absolute atomic E-state index is 0.0379. The van der Waals surface area contributed by atoms with Crippen LogP contribution in [0.3, 0.4) is 0 Å². The van der Waals surface area contributed by atoms with E-state index in [1.54, 1.807) is 29.8 Å². The van der Waals surface area contributed by atoms with Crippen LogP contribution in [0.4, 0.5) is 6.01 Å². The van der Waals surface area contributed by atoms with Crippen molar-refractivity contribution in [2.45, 2.75) is 5.03 Å². The highest BCUT2D eigenvalue weighted by Gasteiger charge is 2.31. The number of imidazole rings is 1. The molecule has 1 aliphatic rings. The molecule has 30 heavy (non-hydrogen) atoms. The average molecular weight is 428 g/mol. The predicted octanol–water partition coefficient (Wildman–Crippen LogP) is 0.435. The van der Waals surface area contributed by atoms with Gasteiger partial charge < -0.3 is 19.2 Å². The van der Waals surface area contributed by atoms with Crippen molar-refractivity contribution in [3.63, 3.8) is 0 Å². The van der Waals surface area contributed by atoms with E-state index in [-0.39, 0.29) is 30.6 Å². The number of anilines is 1. The number of nitrogens with one attached hydrogen (secondary N) is 1. The van der Waals surface area contributed by atoms with Gasteiger partial charge >= 0.3 is 0 Å². The number of nitrogens with zero attached hydrogens (tertiary/aromatic N) is 5. The Morgan fingerprint density at radius 1 is 1.30 bits per heavy atom. The van der Waals surface area contributed by atoms with Crippen molar-refractivity contribution in [2.24, 2.45) is 7.05 Å². The van der Waals surface area contributed by atoms with Gasteiger partial charge in [0.25, 0.3) is 21.9 Å². The highest BCUT2D eigenvalue weighted by atomic mass is 32.2. The van der Waals surface area contributed by atoms with E-state index in [1.165, 1.54) is 16.8 Å². The average Bonchev–Trinajstić information content (AvgIpc) is 3.38. The van der Waals surface area contributed by atoms with Crippen LogP contribution in [0.5, 0.6) is 0 Å². The van der Waals surface area contributed by atoms with Crippen LogP contribution in [0.1, 0.15) is 10.4 Å². The second-order valence-corrected chi connectivity index (χ2v) is 8.72. The third kappa shape index (κ3) is 3.74. The fourth-order valence-electron chi connectivity index (χ4n) is 3.20. The van der Waals surface area contributed by atoms with Crippen LogP contribution in [0.2, 0.25) is 0 Å². The zero-order valence-electron chi connectivity index (χ0n) is 16.3. The van der Waals surface area contributed by atoms with Gasteiger partial charge in [0.2, 0.25) is 0 Å². The quantitative estimate of drug-likeness (QED) is 0.587. The minimum atomic E-state index is -3.63. The zero-order chi connectivity index (χ0) is 21.3. The number of hydrogen-bond donors (Lipinski definition) is 1. The Bertz CT molecular complexity index is 1230. The zero-order valence-corrected chi connectivity index (χ0v) is 17.1. The van der Waals surface area contributed by atoms with Gasteiger partial charge in [-0.15, -0.1) is 6.42 Å². The molecular weight excluding hydrogens is 408 g/mol. The number of hydrogen-bond acceptors (Lipinski definition) is 7. The number of carbonyl (C=O) groups is 1. The summed E-state index contributed by atoms with van der Waals surface area (Å²) in [6.45, 7) is 1.57. The van der Waals surface area contributed by atoms with Crippen molar-refractivity contribution in [1.82, 2.24) is 24.2 Å². The van der Waals surface area contributed by atoms with Crippen molar-refractivity contribution in [3.8, 4) is 12.3 Å². The molecule has 3 aromatic rings. The van der Waals surface area contributed by atoms with E-state index in [0.29, 0.717) is 35.8 Å². The van der Waals surface area contributed by atoms with E-state index in [1.807, 2.05) is 4.90 Å². The second-order valence-electron chi connectivity index (χ2n) is 6.83. The third-order valence-corrected chi connectivity index (χ3v) is 6.57. The van der Waals surface area contributed by atoms with E-state index in [0.717, 1.165) is 0 Å². The van der Waals surface area contributed by atoms with Crippen LogP contribution in [-0.4, -0.2) is 65.9 Å². The molecule has 0 bridgehead atoms. The van der Waals surface area contributed by atoms with Gasteiger partial charge in [-0.2, -0.15) is 9.29 Å². The molecule has 1 saturated heterocycles. The predicted molar refractivity (Wildman–Crippen MR) is 109 cm³/mol. The molecule has 4 rings (SSSR count). The molecule has 1 aromatic carbocycles. The number of rotatable bonds is 5. The van der Waals surface area contributed by atoms with Crippen LogP contribution in [-0.2, 0) is 17.1 Å². The Kier molecular flexibility index (Phi) is 5.19. The topological polar surface area (TPSA) is 114 Å². The summed E-state index contributed by atoms with van der Waals surface area (Å²) in [5.74, 6) is 2.07. The van der Waals surface area contributed by atoms with Gasteiger partial charge in [-0.25, -0.2) is 13.4 Å². The highest BCUT2D eigenvalue weighted by Crippen LogP contribution is 2.25. The van der Waals surface area contributed by atoms with Gasteiger partial charge in [-0.1, -0.05) is 5.92 Å². The lowest BCUT2D eigenvalue weighted by molar-refractivity contribution is 0.0959. The van der Waals surface area contributed by atoms with Crippen molar-refractivity contribution < 1.29 is 17.6 Å². The van der Waals surface area contributed by atoms with Crippen molar-refractivity contribution >= 4 is 33.0 Å². The Hall–Kier alpha value is -3.36. The molecule has 156 valence electrons. The van der Waals surface area contributed by atoms with E-state index in [2.05, 4.69) is 21.2 Å². The monoisotopic (exact) mass is 428 g/mol. The van der Waals surface area contributed by atoms with E-state index >= 15 is 0 Å². The van der Waals surface area contributed by atoms with Gasteiger partial charge in [0, 0.05) is 45.0 Å². The first kappa shape index (κ1) is 19.9. The number of amides is 1. The number of piperazine rings is 1. The van der Waals surface area contributed by atoms with Crippen molar-refractivity contribution in [1.29, 1.82) is 0 Å². The molecule has 0 saturated carbocycles. The van der Waals surface area contributed by atoms with Crippen LogP contribution in [0.25, 0.3) is 11.1 Å². The molecule has 1 N–H and O–H groups in total. The van der Waals surface area contributed by atoms with E-state index in [4.69, 9.17) is 10.8 Å². The maximum Gasteiger partial charge on any atom is 0.298 e. The molecule has 3 heterocycles. The maximum absolute atomic E-state index is 12.7. The first-order chi connectivity index (χ1) is 14.4. The number of fused-ring (bicyclic) bond motifs is 1. The molecule has 1 aliphatic heterocycles. The largest absolute Gasteiger partial charge is 0.423 e. The van der Waals surface area contributed by atoms with Crippen LogP contribution in [0, 0.1) is 12.3 Å². The molecule has 10 nitrogen and oxygen atoms in total. The van der Waals surface area contributed by atoms with E-state index in [9.17, 15) is 13.2 Å². The van der Waals surface area contributed by atoms with Gasteiger partial charge in [0.05, 0.1) is 12.9 Å². The van der Waals surface area contributed by atoms with Crippen molar-refractivity contribution in [3.05, 3.63) is 36.3 Å². The molecule has 0 aliphatic carbocycles. The number of benzene rings is 1. The Labute approximate surface area is 173 Å². The maximum atomic E-state index is 12.7. The summed E-state index contributed by atoms with van der Waals surface area (Å²) < 4.78 is 34.2. The molecule has 0 spiro atoms. The Morgan fingerprint density at radius 2 is 2.07 bits per heavy atom. The van der Waals surface area contributed by atoms with E-state index < -0.39 is 10.0 Å². The third-order valence-electron chi connectivity index (χ3n) is 4.78. The highest BCUT2D eigenvalue weighted by molar-refractivity contribution is 7.89. The van der Waals surface area contributed by atoms with Crippen LogP contribution >= 0.6 is 0 Å². The fraction of sp³-hybridized carbons (Fsp3) is 0.316. The van der Waals surface area contributed by atoms with Gasteiger partial charge in [-0.05, 0) is 18.2 Å². The number of carbonyl (C=O) groups excluding carboxylic acids is 1. The number of aromatic nitrogens is 3. The summed E-state index contributed by atoms with van der Waals surface area (Å²) in [6, 6.07) is 5.34. The fourth-order valence-corrected chi connectivity index (χ4v) is 4.59. The molecule has 1 amide bonds. The lowest BCUT2D eigenvalue weighted by atomic mass is 10.2. The molecule has 11 heteroatoms. The van der Waals surface area contributed by atoms with Crippen molar-refractivity contribution in [2.75, 3.05) is 37.6 Å². The minimum Gasteiger partial charge on any atom is -0.423 e. The standard InChI is InChI=1S/C19H20N6O4S/c1-3-6-20-18(26)14-4-5-16-15(11-14)22-19(29-16)24-7-9-25(10-8-24)30(27,28)17-12-23(2)13-21-17/h1,4-5,11-13H,6-10H2,2H3,(H,20,26). The first-order valence-corrected chi connectivity index (χ1v) is 10.7. The molecular formula is C19H20N6O4S. The van der Waals surface area contributed by atoms with Gasteiger partial charge in [0.15, 0.2) is 10.6 Å². The van der Waals surface area contributed by atoms with Gasteiger partial charge in [0.1, 0.15) is 5.52 Å². The summed E-state index contributed by atoms with van der Waals surface area (Å²) in [7, 11) is -1.91. The summed E-state index contributed by atoms with van der Waals surface area (Å²) in [4.78, 5) is 22.4. The van der Waals surface area contributed by atoms with Crippen LogP contribution < -0.4 is 10.2 Å². The molecule has 2 aromatic heterocycles. The Balaban J connectivity index is 1.47. The number of oxazole rings is 1. The number of aryl methyl sites for hydroxylation is 1. The molecule has 0 radical (unpaired) electrons. The number of sulfonamides is 1. The van der Waals surface area contributed by atoms with Crippen LogP contribution in [0.15, 0.2) is 40.2 Å². The molecule has 1 fully saturated rings. The molecule has 0 unspecified atom stereocenters. The summed E-state index contributed by atoms with van der Waals surface area (Å²) in [5, 5.41) is 2.64. The summed E-state index contributed by atoms with van der Waals surface area (Å²) in [5.41, 5.74) is 1.52. The smallest absolute Gasteiger partial charge is 0.298 e. The first-order valence-electron chi connectivity index (χ1n) is 9.24. The summed E-state index contributed by atoms with van der Waals surface area (Å²) >= 11 is 0. The lowest BCUT2D eigenvalue weighted by Gasteiger charge is -2.32.